The van der Waals surface area contributed by atoms with Gasteiger partial charge >= 0.3 is 5.97 Å². The Morgan fingerprint density at radius 2 is 1.86 bits per heavy atom. The van der Waals surface area contributed by atoms with Crippen molar-refractivity contribution in [2.45, 2.75) is 19.7 Å². The van der Waals surface area contributed by atoms with Gasteiger partial charge in [-0.2, -0.15) is 4.98 Å². The van der Waals surface area contributed by atoms with Crippen LogP contribution < -0.4 is 14.4 Å². The molecule has 0 saturated carbocycles. The van der Waals surface area contributed by atoms with Crippen molar-refractivity contribution in [3.63, 3.8) is 0 Å². The zero-order valence-corrected chi connectivity index (χ0v) is 20.1. The van der Waals surface area contributed by atoms with Gasteiger partial charge in [-0.3, -0.25) is 4.98 Å². The van der Waals surface area contributed by atoms with E-state index in [1.165, 1.54) is 0 Å². The molecule has 4 aromatic rings. The zero-order valence-electron chi connectivity index (χ0n) is 20.1. The third-order valence-electron chi connectivity index (χ3n) is 5.64. The second-order valence-electron chi connectivity index (χ2n) is 8.27. The van der Waals surface area contributed by atoms with Crippen molar-refractivity contribution in [2.75, 3.05) is 44.5 Å². The monoisotopic (exact) mass is 509 g/mol. The largest absolute Gasteiger partial charge is 0.490 e. The Morgan fingerprint density at radius 1 is 1.00 bits per heavy atom. The summed E-state index contributed by atoms with van der Waals surface area (Å²) in [5, 5.41) is 8.48. The van der Waals surface area contributed by atoms with Gasteiger partial charge in [0.1, 0.15) is 42.7 Å². The molecule has 3 aromatic heterocycles. The first-order chi connectivity index (χ1) is 18.1. The summed E-state index contributed by atoms with van der Waals surface area (Å²) in [6.45, 7) is 3.50. The molecule has 194 valence electrons. The van der Waals surface area contributed by atoms with Gasteiger partial charge in [-0.1, -0.05) is 0 Å². The molecule has 0 amide bonds. The maximum atomic E-state index is 10.3. The van der Waals surface area contributed by atoms with Crippen molar-refractivity contribution in [2.24, 2.45) is 0 Å². The van der Waals surface area contributed by atoms with E-state index in [0.29, 0.717) is 56.1 Å². The highest BCUT2D eigenvalue weighted by atomic mass is 16.5. The summed E-state index contributed by atoms with van der Waals surface area (Å²) in [5.41, 5.74) is 2.19. The minimum absolute atomic E-state index is 0.221. The smallest absolute Gasteiger partial charge is 0.329 e. The van der Waals surface area contributed by atoms with Crippen LogP contribution in [0, 0.1) is 0 Å². The molecule has 0 radical (unpaired) electrons. The van der Waals surface area contributed by atoms with Crippen molar-refractivity contribution in [1.82, 2.24) is 19.5 Å². The SMILES string of the molecule is O=C(O)COCCOCCOc1ccc(COc2ccc3oc(N4CCn5ccnc5C4)nc3c2)nc1. The van der Waals surface area contributed by atoms with Gasteiger partial charge in [0.25, 0.3) is 6.01 Å². The molecule has 37 heavy (non-hydrogen) atoms. The van der Waals surface area contributed by atoms with Crippen LogP contribution in [-0.4, -0.2) is 70.2 Å². The number of oxazole rings is 1. The highest BCUT2D eigenvalue weighted by Crippen LogP contribution is 2.28. The number of hydrogen-bond donors (Lipinski definition) is 1. The number of benzene rings is 1. The Balaban J connectivity index is 1.06. The van der Waals surface area contributed by atoms with Crippen LogP contribution >= 0.6 is 0 Å². The molecule has 4 heterocycles. The molecular weight excluding hydrogens is 482 g/mol. The lowest BCUT2D eigenvalue weighted by Crippen LogP contribution is -2.33. The lowest BCUT2D eigenvalue weighted by molar-refractivity contribution is -0.142. The molecule has 5 rings (SSSR count). The van der Waals surface area contributed by atoms with Crippen LogP contribution in [0.15, 0.2) is 53.3 Å². The van der Waals surface area contributed by atoms with Crippen molar-refractivity contribution in [3.05, 3.63) is 60.4 Å². The number of carboxylic acid groups (broad SMARTS) is 1. The van der Waals surface area contributed by atoms with Gasteiger partial charge in [0.2, 0.25) is 0 Å². The number of fused-ring (bicyclic) bond motifs is 2. The number of ether oxygens (including phenoxy) is 4. The van der Waals surface area contributed by atoms with E-state index in [1.807, 2.05) is 42.7 Å². The van der Waals surface area contributed by atoms with E-state index in [2.05, 4.69) is 24.4 Å². The van der Waals surface area contributed by atoms with Crippen LogP contribution in [-0.2, 0) is 34.0 Å². The highest BCUT2D eigenvalue weighted by Gasteiger charge is 2.21. The van der Waals surface area contributed by atoms with Crippen molar-refractivity contribution < 1.29 is 33.3 Å². The Morgan fingerprint density at radius 3 is 2.73 bits per heavy atom. The first-order valence-electron chi connectivity index (χ1n) is 11.9. The van der Waals surface area contributed by atoms with Crippen molar-refractivity contribution >= 4 is 23.1 Å². The van der Waals surface area contributed by atoms with Gasteiger partial charge < -0.3 is 37.9 Å². The first kappa shape index (κ1) is 24.5. The molecule has 0 spiro atoms. The number of nitrogens with zero attached hydrogens (tertiary/aromatic N) is 5. The minimum atomic E-state index is -1.00. The molecule has 0 saturated heterocycles. The molecule has 0 unspecified atom stereocenters. The topological polar surface area (TPSA) is 134 Å². The molecule has 0 bridgehead atoms. The molecule has 0 aliphatic carbocycles. The molecule has 12 heteroatoms. The molecule has 0 atom stereocenters. The summed E-state index contributed by atoms with van der Waals surface area (Å²) >= 11 is 0. The van der Waals surface area contributed by atoms with E-state index in [9.17, 15) is 4.79 Å². The number of aliphatic carboxylic acids is 1. The summed E-state index contributed by atoms with van der Waals surface area (Å²) in [5.74, 6) is 1.28. The van der Waals surface area contributed by atoms with Gasteiger partial charge in [-0.05, 0) is 24.3 Å². The number of rotatable bonds is 13. The number of imidazole rings is 1. The summed E-state index contributed by atoms with van der Waals surface area (Å²) in [7, 11) is 0. The summed E-state index contributed by atoms with van der Waals surface area (Å²) in [4.78, 5) is 25.8. The molecular formula is C25H27N5O7. The number of carbonyl (C=O) groups is 1. The maximum Gasteiger partial charge on any atom is 0.329 e. The number of anilines is 1. The van der Waals surface area contributed by atoms with Gasteiger partial charge in [-0.15, -0.1) is 0 Å². The Kier molecular flexibility index (Phi) is 7.77. The summed E-state index contributed by atoms with van der Waals surface area (Å²) < 4.78 is 29.8. The molecule has 1 aliphatic rings. The van der Waals surface area contributed by atoms with E-state index in [0.717, 1.165) is 30.1 Å². The first-order valence-corrected chi connectivity index (χ1v) is 11.9. The molecule has 1 N–H and O–H groups in total. The fraction of sp³-hybridized carbons (Fsp3) is 0.360. The van der Waals surface area contributed by atoms with E-state index in [1.54, 1.807) is 6.20 Å². The third-order valence-corrected chi connectivity index (χ3v) is 5.64. The standard InChI is InChI=1S/C25H27N5O7/c31-24(32)17-34-10-9-33-11-12-35-20-2-1-18(27-14-20)16-36-19-3-4-22-21(13-19)28-25(37-22)30-8-7-29-6-5-26-23(29)15-30/h1-6,13-14H,7-12,15-17H2,(H,31,32). The Labute approximate surface area is 212 Å². The number of carboxylic acids is 1. The van der Waals surface area contributed by atoms with Gasteiger partial charge in [0.15, 0.2) is 5.58 Å². The van der Waals surface area contributed by atoms with Crippen LogP contribution in [0.4, 0.5) is 6.01 Å². The van der Waals surface area contributed by atoms with E-state index in [4.69, 9.17) is 28.5 Å². The number of aromatic nitrogens is 4. The zero-order chi connectivity index (χ0) is 25.5. The number of hydrogen-bond acceptors (Lipinski definition) is 10. The average Bonchev–Trinajstić information content (AvgIpc) is 3.55. The maximum absolute atomic E-state index is 10.3. The van der Waals surface area contributed by atoms with Gasteiger partial charge in [0, 0.05) is 31.5 Å². The molecule has 0 fully saturated rings. The highest BCUT2D eigenvalue weighted by molar-refractivity contribution is 5.76. The van der Waals surface area contributed by atoms with Crippen molar-refractivity contribution in [3.8, 4) is 11.5 Å². The second kappa shape index (κ2) is 11.7. The van der Waals surface area contributed by atoms with E-state index in [-0.39, 0.29) is 13.2 Å². The van der Waals surface area contributed by atoms with Crippen LogP contribution in [0.3, 0.4) is 0 Å². The molecule has 1 aliphatic heterocycles. The van der Waals surface area contributed by atoms with Gasteiger partial charge in [-0.25, -0.2) is 9.78 Å². The van der Waals surface area contributed by atoms with Crippen LogP contribution in [0.2, 0.25) is 0 Å². The lowest BCUT2D eigenvalue weighted by Gasteiger charge is -2.25. The number of pyridine rings is 1. The summed E-state index contributed by atoms with van der Waals surface area (Å²) in [6, 6.07) is 9.80. The fourth-order valence-corrected chi connectivity index (χ4v) is 3.79. The third kappa shape index (κ3) is 6.54. The predicted octanol–water partition coefficient (Wildman–Crippen LogP) is 2.52. The van der Waals surface area contributed by atoms with Gasteiger partial charge in [0.05, 0.1) is 38.3 Å². The average molecular weight is 510 g/mol. The van der Waals surface area contributed by atoms with Crippen LogP contribution in [0.25, 0.3) is 11.1 Å². The van der Waals surface area contributed by atoms with Crippen LogP contribution in [0.1, 0.15) is 11.5 Å². The fourth-order valence-electron chi connectivity index (χ4n) is 3.79. The van der Waals surface area contributed by atoms with Crippen molar-refractivity contribution in [1.29, 1.82) is 0 Å². The normalized spacial score (nSPS) is 13.0. The van der Waals surface area contributed by atoms with E-state index < -0.39 is 5.97 Å². The lowest BCUT2D eigenvalue weighted by atomic mass is 10.3. The Hall–Kier alpha value is -4.16. The van der Waals surface area contributed by atoms with Crippen LogP contribution in [0.5, 0.6) is 11.5 Å². The Bertz CT molecular complexity index is 1320. The van der Waals surface area contributed by atoms with E-state index >= 15 is 0 Å². The predicted molar refractivity (Wildman–Crippen MR) is 131 cm³/mol. The minimum Gasteiger partial charge on any atom is -0.490 e. The molecule has 12 nitrogen and oxygen atoms in total. The quantitative estimate of drug-likeness (QED) is 0.266. The summed E-state index contributed by atoms with van der Waals surface area (Å²) in [6.07, 6.45) is 5.43. The molecule has 1 aromatic carbocycles. The second-order valence-corrected chi connectivity index (χ2v) is 8.27.